The molecule has 0 aromatic heterocycles. The number of aliphatic hydroxyl groups excluding tert-OH is 1. The molecule has 5 atom stereocenters. The second kappa shape index (κ2) is 18.1. The second-order valence-corrected chi connectivity index (χ2v) is 10.2. The monoisotopic (exact) mass is 607 g/mol. The number of carbonyl (C=O) groups is 7. The molecule has 0 bridgehead atoms. The number of rotatable bonds is 18. The molecule has 0 saturated carbocycles. The van der Waals surface area contributed by atoms with Crippen molar-refractivity contribution in [2.75, 3.05) is 13.2 Å². The van der Waals surface area contributed by atoms with Crippen LogP contribution in [0.2, 0.25) is 0 Å². The van der Waals surface area contributed by atoms with Gasteiger partial charge in [0.05, 0.1) is 19.2 Å². The summed E-state index contributed by atoms with van der Waals surface area (Å²) in [5.41, 5.74) is 11.9. The number of aliphatic hydroxyl groups is 1. The van der Waals surface area contributed by atoms with Gasteiger partial charge in [-0.25, -0.2) is 0 Å². The van der Waals surface area contributed by atoms with E-state index in [1.54, 1.807) is 44.2 Å². The molecule has 0 aliphatic rings. The summed E-state index contributed by atoms with van der Waals surface area (Å²) in [5.74, 6) is -6.44. The minimum Gasteiger partial charge on any atom is -0.481 e. The topological polar surface area (TPSA) is 272 Å². The van der Waals surface area contributed by atoms with Crippen LogP contribution in [-0.2, 0) is 40.0 Å². The predicted molar refractivity (Wildman–Crippen MR) is 153 cm³/mol. The molecule has 0 aliphatic carbocycles. The summed E-state index contributed by atoms with van der Waals surface area (Å²) in [6, 6.07) is 2.53. The van der Waals surface area contributed by atoms with Gasteiger partial charge in [0, 0.05) is 12.8 Å². The first-order valence-corrected chi connectivity index (χ1v) is 13.6. The lowest BCUT2D eigenvalue weighted by Crippen LogP contribution is -2.58. The Morgan fingerprint density at radius 3 is 1.91 bits per heavy atom. The first kappa shape index (κ1) is 36.5. The van der Waals surface area contributed by atoms with Gasteiger partial charge in [-0.2, -0.15) is 0 Å². The molecule has 0 heterocycles. The SMILES string of the molecule is CC(NC(=O)C(CCC(=O)O)NC(=O)C(CO)NC(=O)CNC(=O)C(N)C(C)C)C(=O)NC(Cc1ccccc1)C(N)=O. The highest BCUT2D eigenvalue weighted by Gasteiger charge is 2.30. The number of carbonyl (C=O) groups excluding carboxylic acids is 6. The summed E-state index contributed by atoms with van der Waals surface area (Å²) in [6.45, 7) is 3.29. The molecule has 1 aromatic carbocycles. The second-order valence-electron chi connectivity index (χ2n) is 10.2. The number of carboxylic acids is 1. The Labute approximate surface area is 248 Å². The van der Waals surface area contributed by atoms with Crippen molar-refractivity contribution in [3.8, 4) is 0 Å². The lowest BCUT2D eigenvalue weighted by atomic mass is 10.0. The van der Waals surface area contributed by atoms with Crippen LogP contribution in [0.3, 0.4) is 0 Å². The highest BCUT2D eigenvalue weighted by Crippen LogP contribution is 2.05. The van der Waals surface area contributed by atoms with Gasteiger partial charge < -0.3 is 48.3 Å². The molecule has 0 aliphatic heterocycles. The Morgan fingerprint density at radius 1 is 0.791 bits per heavy atom. The van der Waals surface area contributed by atoms with Crippen molar-refractivity contribution in [1.29, 1.82) is 0 Å². The molecular weight excluding hydrogens is 566 g/mol. The largest absolute Gasteiger partial charge is 0.481 e. The van der Waals surface area contributed by atoms with Gasteiger partial charge >= 0.3 is 5.97 Å². The summed E-state index contributed by atoms with van der Waals surface area (Å²) < 4.78 is 0. The molecule has 1 aromatic rings. The number of hydrogen-bond donors (Lipinski definition) is 9. The summed E-state index contributed by atoms with van der Waals surface area (Å²) in [5, 5.41) is 30.3. The van der Waals surface area contributed by atoms with Crippen LogP contribution in [0.4, 0.5) is 0 Å². The molecule has 16 nitrogen and oxygen atoms in total. The molecule has 11 N–H and O–H groups in total. The Balaban J connectivity index is 2.84. The van der Waals surface area contributed by atoms with Crippen molar-refractivity contribution in [2.45, 2.75) is 70.2 Å². The smallest absolute Gasteiger partial charge is 0.303 e. The van der Waals surface area contributed by atoms with E-state index in [-0.39, 0.29) is 12.3 Å². The zero-order valence-electron chi connectivity index (χ0n) is 24.3. The standard InChI is InChI=1S/C27H41N7O9/c1-14(2)22(28)27(43)30-12-20(36)32-19(13-35)26(42)33-17(9-10-21(37)38)25(41)31-15(3)24(40)34-18(23(29)39)11-16-7-5-4-6-8-16/h4-8,14-15,17-19,22,35H,9-13,28H2,1-3H3,(H2,29,39)(H,30,43)(H,31,41)(H,32,36)(H,33,42)(H,34,40)(H,37,38). The third kappa shape index (κ3) is 13.3. The van der Waals surface area contributed by atoms with Crippen LogP contribution in [0, 0.1) is 5.92 Å². The third-order valence-corrected chi connectivity index (χ3v) is 6.25. The number of nitrogens with two attached hydrogens (primary N) is 2. The summed E-state index contributed by atoms with van der Waals surface area (Å²) in [6.07, 6.45) is -0.838. The van der Waals surface area contributed by atoms with Crippen LogP contribution < -0.4 is 38.1 Å². The molecule has 0 fully saturated rings. The van der Waals surface area contributed by atoms with Gasteiger partial charge in [0.1, 0.15) is 24.2 Å². The number of nitrogens with one attached hydrogen (secondary N) is 5. The lowest BCUT2D eigenvalue weighted by Gasteiger charge is -2.24. The van der Waals surface area contributed by atoms with Gasteiger partial charge in [0.15, 0.2) is 0 Å². The van der Waals surface area contributed by atoms with E-state index in [4.69, 9.17) is 16.6 Å². The molecule has 0 radical (unpaired) electrons. The number of hydrogen-bond acceptors (Lipinski definition) is 9. The number of carboxylic acid groups (broad SMARTS) is 1. The Morgan fingerprint density at radius 2 is 1.37 bits per heavy atom. The molecule has 6 amide bonds. The van der Waals surface area contributed by atoms with Crippen LogP contribution >= 0.6 is 0 Å². The van der Waals surface area contributed by atoms with Crippen LogP contribution in [-0.4, -0.2) is 95.0 Å². The van der Waals surface area contributed by atoms with Crippen molar-refractivity contribution in [2.24, 2.45) is 17.4 Å². The molecule has 0 saturated heterocycles. The maximum atomic E-state index is 12.9. The maximum absolute atomic E-state index is 12.9. The van der Waals surface area contributed by atoms with E-state index in [1.165, 1.54) is 6.92 Å². The number of aliphatic carboxylic acids is 1. The van der Waals surface area contributed by atoms with Crippen molar-refractivity contribution in [3.05, 3.63) is 35.9 Å². The maximum Gasteiger partial charge on any atom is 0.303 e. The van der Waals surface area contributed by atoms with Gasteiger partial charge in [0.2, 0.25) is 35.4 Å². The van der Waals surface area contributed by atoms with E-state index in [9.17, 15) is 38.7 Å². The van der Waals surface area contributed by atoms with Crippen molar-refractivity contribution < 1.29 is 43.8 Å². The van der Waals surface area contributed by atoms with E-state index in [1.807, 2.05) is 0 Å². The third-order valence-electron chi connectivity index (χ3n) is 6.25. The van der Waals surface area contributed by atoms with Gasteiger partial charge in [-0.3, -0.25) is 33.6 Å². The number of primary amides is 1. The lowest BCUT2D eigenvalue weighted by molar-refractivity contribution is -0.138. The highest BCUT2D eigenvalue weighted by molar-refractivity contribution is 5.96. The van der Waals surface area contributed by atoms with Gasteiger partial charge in [-0.15, -0.1) is 0 Å². The van der Waals surface area contributed by atoms with Gasteiger partial charge in [-0.05, 0) is 24.8 Å². The summed E-state index contributed by atoms with van der Waals surface area (Å²) in [4.78, 5) is 85.7. The fraction of sp³-hybridized carbons (Fsp3) is 0.519. The summed E-state index contributed by atoms with van der Waals surface area (Å²) in [7, 11) is 0. The average molecular weight is 608 g/mol. The minimum atomic E-state index is -1.56. The fourth-order valence-corrected chi connectivity index (χ4v) is 3.59. The summed E-state index contributed by atoms with van der Waals surface area (Å²) >= 11 is 0. The van der Waals surface area contributed by atoms with Crippen molar-refractivity contribution in [1.82, 2.24) is 26.6 Å². The van der Waals surface area contributed by atoms with Crippen LogP contribution in [0.25, 0.3) is 0 Å². The zero-order chi connectivity index (χ0) is 32.7. The number of amides is 6. The highest BCUT2D eigenvalue weighted by atomic mass is 16.4. The van der Waals surface area contributed by atoms with Crippen LogP contribution in [0.5, 0.6) is 0 Å². The fourth-order valence-electron chi connectivity index (χ4n) is 3.59. The van der Waals surface area contributed by atoms with Gasteiger partial charge in [0.25, 0.3) is 0 Å². The Bertz CT molecular complexity index is 1150. The molecule has 43 heavy (non-hydrogen) atoms. The molecule has 16 heteroatoms. The van der Waals surface area contributed by atoms with Crippen LogP contribution in [0.15, 0.2) is 30.3 Å². The molecule has 0 spiro atoms. The zero-order valence-corrected chi connectivity index (χ0v) is 24.3. The first-order chi connectivity index (χ1) is 20.2. The quantitative estimate of drug-likeness (QED) is 0.0799. The van der Waals surface area contributed by atoms with Crippen molar-refractivity contribution >= 4 is 41.4 Å². The molecular formula is C27H41N7O9. The van der Waals surface area contributed by atoms with Crippen LogP contribution in [0.1, 0.15) is 39.2 Å². The molecule has 5 unspecified atom stereocenters. The average Bonchev–Trinajstić information content (AvgIpc) is 2.95. The van der Waals surface area contributed by atoms with E-state index in [2.05, 4.69) is 26.6 Å². The van der Waals surface area contributed by atoms with Crippen molar-refractivity contribution in [3.63, 3.8) is 0 Å². The molecule has 1 rings (SSSR count). The van der Waals surface area contributed by atoms with E-state index >= 15 is 0 Å². The van der Waals surface area contributed by atoms with E-state index < -0.39 is 97.6 Å². The predicted octanol–water partition coefficient (Wildman–Crippen LogP) is -3.37. The molecule has 238 valence electrons. The van der Waals surface area contributed by atoms with E-state index in [0.29, 0.717) is 0 Å². The van der Waals surface area contributed by atoms with E-state index in [0.717, 1.165) is 5.56 Å². The minimum absolute atomic E-state index is 0.0996. The first-order valence-electron chi connectivity index (χ1n) is 13.6. The normalized spacial score (nSPS) is 14.3. The number of benzene rings is 1. The van der Waals surface area contributed by atoms with Gasteiger partial charge in [-0.1, -0.05) is 44.2 Å². The Kier molecular flexibility index (Phi) is 15.3. The Hall–Kier alpha value is -4.57.